The summed E-state index contributed by atoms with van der Waals surface area (Å²) in [5, 5.41) is 0. The fraction of sp³-hybridized carbons (Fsp3) is 0.727. The Morgan fingerprint density at radius 2 is 2.00 bits per heavy atom. The van der Waals surface area contributed by atoms with E-state index < -0.39 is 35.6 Å². The van der Waals surface area contributed by atoms with E-state index in [1.54, 1.807) is 0 Å². The Morgan fingerprint density at radius 3 is 2.48 bits per heavy atom. The second kappa shape index (κ2) is 4.78. The third-order valence-electron chi connectivity index (χ3n) is 4.21. The number of aliphatic imine (C=N–C) groups is 1. The smallest absolute Gasteiger partial charge is 0.367 e. The molecule has 2 rings (SSSR count). The van der Waals surface area contributed by atoms with Gasteiger partial charge in [-0.15, -0.1) is 0 Å². The van der Waals surface area contributed by atoms with Crippen LogP contribution in [-0.2, 0) is 4.79 Å². The molecule has 0 aromatic heterocycles. The predicted molar refractivity (Wildman–Crippen MR) is 67.3 cm³/mol. The van der Waals surface area contributed by atoms with E-state index in [4.69, 9.17) is 11.5 Å². The molecule has 3 amide bonds. The van der Waals surface area contributed by atoms with Crippen LogP contribution in [0.25, 0.3) is 0 Å². The van der Waals surface area contributed by atoms with Crippen LogP contribution in [0.5, 0.6) is 0 Å². The zero-order valence-corrected chi connectivity index (χ0v) is 11.3. The molecule has 3 atom stereocenters. The van der Waals surface area contributed by atoms with Gasteiger partial charge < -0.3 is 21.3 Å². The van der Waals surface area contributed by atoms with Crippen molar-refractivity contribution in [1.29, 1.82) is 0 Å². The summed E-state index contributed by atoms with van der Waals surface area (Å²) in [5.41, 5.74) is 8.26. The first-order valence-electron chi connectivity index (χ1n) is 6.32. The molecule has 0 aromatic carbocycles. The summed E-state index contributed by atoms with van der Waals surface area (Å²) < 4.78 is 39.3. The van der Waals surface area contributed by atoms with Crippen molar-refractivity contribution in [2.75, 3.05) is 19.6 Å². The highest BCUT2D eigenvalue weighted by Crippen LogP contribution is 2.43. The molecule has 0 spiro atoms. The van der Waals surface area contributed by atoms with E-state index in [1.165, 1.54) is 16.1 Å². The van der Waals surface area contributed by atoms with Crippen LogP contribution < -0.4 is 11.5 Å². The molecule has 1 saturated heterocycles. The van der Waals surface area contributed by atoms with Gasteiger partial charge in [0.2, 0.25) is 5.91 Å². The minimum Gasteiger partial charge on any atom is -0.367 e. The fourth-order valence-corrected chi connectivity index (χ4v) is 2.87. The summed E-state index contributed by atoms with van der Waals surface area (Å²) in [5.74, 6) is -3.23. The number of carbonyl (C=O) groups is 2. The van der Waals surface area contributed by atoms with Crippen molar-refractivity contribution in [3.05, 3.63) is 0 Å². The molecule has 4 N–H and O–H groups in total. The van der Waals surface area contributed by atoms with Crippen LogP contribution in [0.3, 0.4) is 0 Å². The summed E-state index contributed by atoms with van der Waals surface area (Å²) >= 11 is 0. The average molecular weight is 307 g/mol. The molecule has 7 nitrogen and oxygen atoms in total. The fourth-order valence-electron chi connectivity index (χ4n) is 2.87. The molecule has 0 bridgehead atoms. The lowest BCUT2D eigenvalue weighted by Gasteiger charge is -2.44. The van der Waals surface area contributed by atoms with Gasteiger partial charge in [0.25, 0.3) is 0 Å². The van der Waals surface area contributed by atoms with E-state index in [9.17, 15) is 22.8 Å². The molecule has 0 aromatic rings. The first-order valence-corrected chi connectivity index (χ1v) is 6.32. The lowest BCUT2D eigenvalue weighted by molar-refractivity contribution is -0.193. The molecule has 0 radical (unpaired) electrons. The SMILES string of the molecule is C[C@H](C(F)(F)F)C1(C(N)=O)N=CN2CCN(C(N)=O)CC21. The number of urea groups is 1. The van der Waals surface area contributed by atoms with Gasteiger partial charge in [-0.3, -0.25) is 9.79 Å². The largest absolute Gasteiger partial charge is 0.394 e. The van der Waals surface area contributed by atoms with Gasteiger partial charge in [-0.1, -0.05) is 6.92 Å². The van der Waals surface area contributed by atoms with Gasteiger partial charge in [-0.25, -0.2) is 4.79 Å². The normalized spacial score (nSPS) is 30.2. The van der Waals surface area contributed by atoms with Crippen molar-refractivity contribution < 1.29 is 22.8 Å². The van der Waals surface area contributed by atoms with Crippen molar-refractivity contribution >= 4 is 18.3 Å². The molecule has 118 valence electrons. The second-order valence-corrected chi connectivity index (χ2v) is 5.24. The molecule has 21 heavy (non-hydrogen) atoms. The van der Waals surface area contributed by atoms with Crippen molar-refractivity contribution in [3.8, 4) is 0 Å². The monoisotopic (exact) mass is 307 g/mol. The van der Waals surface area contributed by atoms with E-state index in [0.717, 1.165) is 6.92 Å². The number of nitrogens with two attached hydrogens (primary N) is 2. The number of primary amides is 2. The predicted octanol–water partition coefficient (Wildman–Crippen LogP) is -0.484. The zero-order valence-electron chi connectivity index (χ0n) is 11.3. The number of halogens is 3. The Bertz CT molecular complexity index is 495. The molecule has 1 fully saturated rings. The first kappa shape index (κ1) is 15.4. The molecule has 2 heterocycles. The van der Waals surface area contributed by atoms with Gasteiger partial charge in [0.15, 0.2) is 5.54 Å². The van der Waals surface area contributed by atoms with Gasteiger partial charge in [0.1, 0.15) is 0 Å². The van der Waals surface area contributed by atoms with Crippen LogP contribution in [-0.4, -0.2) is 65.5 Å². The molecule has 2 aliphatic heterocycles. The van der Waals surface area contributed by atoms with Crippen molar-refractivity contribution in [2.45, 2.75) is 24.7 Å². The summed E-state index contributed by atoms with van der Waals surface area (Å²) in [6, 6.07) is -1.72. The van der Waals surface area contributed by atoms with Crippen LogP contribution in [0.1, 0.15) is 6.92 Å². The highest BCUT2D eigenvalue weighted by atomic mass is 19.4. The van der Waals surface area contributed by atoms with Crippen LogP contribution in [0, 0.1) is 5.92 Å². The van der Waals surface area contributed by atoms with Crippen LogP contribution in [0.4, 0.5) is 18.0 Å². The zero-order chi connectivity index (χ0) is 16.0. The number of hydrogen-bond donors (Lipinski definition) is 2. The molecule has 2 aliphatic rings. The molecule has 0 saturated carbocycles. The Kier molecular flexibility index (Phi) is 3.50. The van der Waals surface area contributed by atoms with Crippen molar-refractivity contribution in [1.82, 2.24) is 9.80 Å². The number of piperazine rings is 1. The van der Waals surface area contributed by atoms with E-state index >= 15 is 0 Å². The maximum absolute atomic E-state index is 13.1. The van der Waals surface area contributed by atoms with Crippen LogP contribution in [0.2, 0.25) is 0 Å². The Labute approximate surface area is 118 Å². The quantitative estimate of drug-likeness (QED) is 0.719. The van der Waals surface area contributed by atoms with Gasteiger partial charge in [0, 0.05) is 19.6 Å². The summed E-state index contributed by atoms with van der Waals surface area (Å²) in [6.45, 7) is 1.25. The number of carbonyl (C=O) groups excluding carboxylic acids is 2. The number of fused-ring (bicyclic) bond motifs is 1. The Morgan fingerprint density at radius 1 is 1.38 bits per heavy atom. The Balaban J connectivity index is 2.40. The van der Waals surface area contributed by atoms with Crippen LogP contribution >= 0.6 is 0 Å². The van der Waals surface area contributed by atoms with Gasteiger partial charge in [-0.2, -0.15) is 13.2 Å². The number of alkyl halides is 3. The average Bonchev–Trinajstić information content (AvgIpc) is 2.76. The lowest BCUT2D eigenvalue weighted by Crippen LogP contribution is -2.67. The number of nitrogens with zero attached hydrogens (tertiary/aromatic N) is 3. The maximum atomic E-state index is 13.1. The van der Waals surface area contributed by atoms with Crippen LogP contribution in [0.15, 0.2) is 4.99 Å². The van der Waals surface area contributed by atoms with Gasteiger partial charge in [0.05, 0.1) is 18.3 Å². The third-order valence-corrected chi connectivity index (χ3v) is 4.21. The molecular formula is C11H16F3N5O2. The van der Waals surface area contributed by atoms with E-state index in [1.807, 2.05) is 0 Å². The maximum Gasteiger partial charge on any atom is 0.394 e. The molecular weight excluding hydrogens is 291 g/mol. The minimum atomic E-state index is -4.64. The lowest BCUT2D eigenvalue weighted by atomic mass is 9.77. The molecule has 0 aliphatic carbocycles. The summed E-state index contributed by atoms with van der Waals surface area (Å²) in [6.07, 6.45) is -3.44. The van der Waals surface area contributed by atoms with Gasteiger partial charge >= 0.3 is 12.2 Å². The van der Waals surface area contributed by atoms with E-state index in [2.05, 4.69) is 4.99 Å². The highest BCUT2D eigenvalue weighted by molar-refractivity contribution is 5.90. The van der Waals surface area contributed by atoms with E-state index in [-0.39, 0.29) is 19.6 Å². The number of hydrogen-bond acceptors (Lipinski definition) is 4. The molecule has 2 unspecified atom stereocenters. The Hall–Kier alpha value is -2.00. The summed E-state index contributed by atoms with van der Waals surface area (Å²) in [7, 11) is 0. The third kappa shape index (κ3) is 2.28. The second-order valence-electron chi connectivity index (χ2n) is 5.24. The first-order chi connectivity index (χ1) is 9.60. The number of amides is 3. The standard InChI is InChI=1S/C11H16F3N5O2/c1-6(11(12,13)14)10(8(15)20)7-4-18(9(16)21)2-3-19(7)5-17-10/h5-7H,2-4H2,1H3,(H2,15,20)(H2,16,21)/t6-,7?,10?/m0/s1. The van der Waals surface area contributed by atoms with E-state index in [0.29, 0.717) is 0 Å². The highest BCUT2D eigenvalue weighted by Gasteiger charge is 2.62. The summed E-state index contributed by atoms with van der Waals surface area (Å²) in [4.78, 5) is 29.5. The van der Waals surface area contributed by atoms with Gasteiger partial charge in [-0.05, 0) is 0 Å². The number of rotatable bonds is 2. The van der Waals surface area contributed by atoms with Crippen molar-refractivity contribution in [2.24, 2.45) is 22.4 Å². The topological polar surface area (TPSA) is 105 Å². The van der Waals surface area contributed by atoms with Crippen molar-refractivity contribution in [3.63, 3.8) is 0 Å². The minimum absolute atomic E-state index is 0.126. The molecule has 10 heteroatoms.